The lowest BCUT2D eigenvalue weighted by Crippen LogP contribution is -2.31. The molecule has 3 heteroatoms. The normalized spacial score (nSPS) is 14.2. The highest BCUT2D eigenvalue weighted by Crippen LogP contribution is 2.28. The molecule has 0 aliphatic heterocycles. The molecule has 1 amide bonds. The van der Waals surface area contributed by atoms with Gasteiger partial charge in [0.25, 0.3) is 0 Å². The fourth-order valence-electron chi connectivity index (χ4n) is 2.39. The van der Waals surface area contributed by atoms with Crippen molar-refractivity contribution in [3.63, 3.8) is 0 Å². The number of nitrogens with zero attached hydrogens (tertiary/aromatic N) is 1. The molecule has 0 aromatic heterocycles. The standard InChI is InChI=1S/C19H18FNO/c20-17-9-6-16(7-10-17)14-21(18-11-12-18)19(22)13-8-15-4-2-1-3-5-15/h1-10,13,18H,11-12,14H2. The lowest BCUT2D eigenvalue weighted by atomic mass is 10.2. The SMILES string of the molecule is O=C(C=Cc1ccccc1)N(Cc1ccc(F)cc1)C1CC1. The summed E-state index contributed by atoms with van der Waals surface area (Å²) in [5.41, 5.74) is 1.96. The number of hydrogen-bond acceptors (Lipinski definition) is 1. The second kappa shape index (κ2) is 6.56. The van der Waals surface area contributed by atoms with Gasteiger partial charge in [-0.2, -0.15) is 0 Å². The van der Waals surface area contributed by atoms with E-state index in [1.807, 2.05) is 41.3 Å². The molecule has 0 saturated heterocycles. The zero-order valence-corrected chi connectivity index (χ0v) is 12.3. The first-order chi connectivity index (χ1) is 10.7. The quantitative estimate of drug-likeness (QED) is 0.763. The van der Waals surface area contributed by atoms with Crippen molar-refractivity contribution in [1.29, 1.82) is 0 Å². The van der Waals surface area contributed by atoms with Crippen molar-refractivity contribution in [3.05, 3.63) is 77.6 Å². The van der Waals surface area contributed by atoms with Crippen molar-refractivity contribution in [1.82, 2.24) is 4.90 Å². The Morgan fingerprint density at radius 1 is 1.09 bits per heavy atom. The molecule has 1 aliphatic rings. The van der Waals surface area contributed by atoms with Crippen molar-refractivity contribution in [2.45, 2.75) is 25.4 Å². The van der Waals surface area contributed by atoms with Crippen LogP contribution in [-0.4, -0.2) is 16.8 Å². The molecule has 0 atom stereocenters. The van der Waals surface area contributed by atoms with Crippen LogP contribution in [0.3, 0.4) is 0 Å². The Morgan fingerprint density at radius 2 is 1.77 bits per heavy atom. The molecule has 1 aliphatic carbocycles. The zero-order chi connectivity index (χ0) is 15.4. The van der Waals surface area contributed by atoms with Crippen LogP contribution in [0.2, 0.25) is 0 Å². The van der Waals surface area contributed by atoms with E-state index in [1.165, 1.54) is 12.1 Å². The number of benzene rings is 2. The monoisotopic (exact) mass is 295 g/mol. The predicted octanol–water partition coefficient (Wildman–Crippen LogP) is 4.03. The summed E-state index contributed by atoms with van der Waals surface area (Å²) in [6.45, 7) is 0.531. The van der Waals surface area contributed by atoms with E-state index < -0.39 is 0 Å². The molecular weight excluding hydrogens is 277 g/mol. The van der Waals surface area contributed by atoms with Crippen LogP contribution in [0.5, 0.6) is 0 Å². The third kappa shape index (κ3) is 3.82. The summed E-state index contributed by atoms with van der Waals surface area (Å²) in [4.78, 5) is 14.3. The maximum atomic E-state index is 13.0. The topological polar surface area (TPSA) is 20.3 Å². The number of amides is 1. The Bertz CT molecular complexity index is 660. The highest BCUT2D eigenvalue weighted by atomic mass is 19.1. The van der Waals surface area contributed by atoms with Gasteiger partial charge in [0.1, 0.15) is 5.82 Å². The average molecular weight is 295 g/mol. The maximum Gasteiger partial charge on any atom is 0.247 e. The molecule has 0 bridgehead atoms. The van der Waals surface area contributed by atoms with Gasteiger partial charge in [-0.25, -0.2) is 4.39 Å². The molecular formula is C19H18FNO. The van der Waals surface area contributed by atoms with Gasteiger partial charge in [-0.1, -0.05) is 42.5 Å². The molecule has 3 rings (SSSR count). The van der Waals surface area contributed by atoms with E-state index in [-0.39, 0.29) is 11.7 Å². The molecule has 0 N–H and O–H groups in total. The van der Waals surface area contributed by atoms with Gasteiger partial charge >= 0.3 is 0 Å². The molecule has 0 radical (unpaired) electrons. The van der Waals surface area contributed by atoms with Crippen molar-refractivity contribution < 1.29 is 9.18 Å². The molecule has 2 nitrogen and oxygen atoms in total. The highest BCUT2D eigenvalue weighted by Gasteiger charge is 2.31. The van der Waals surface area contributed by atoms with Crippen LogP contribution in [-0.2, 0) is 11.3 Å². The Kier molecular flexibility index (Phi) is 4.33. The van der Waals surface area contributed by atoms with E-state index in [2.05, 4.69) is 0 Å². The Labute approximate surface area is 129 Å². The zero-order valence-electron chi connectivity index (χ0n) is 12.3. The first-order valence-corrected chi connectivity index (χ1v) is 7.50. The largest absolute Gasteiger partial charge is 0.332 e. The maximum absolute atomic E-state index is 13.0. The van der Waals surface area contributed by atoms with Gasteiger partial charge in [0.2, 0.25) is 5.91 Å². The molecule has 1 saturated carbocycles. The van der Waals surface area contributed by atoms with Crippen molar-refractivity contribution >= 4 is 12.0 Å². The minimum Gasteiger partial charge on any atom is -0.332 e. The second-order valence-corrected chi connectivity index (χ2v) is 5.57. The number of hydrogen-bond donors (Lipinski definition) is 0. The Hall–Kier alpha value is -2.42. The van der Waals surface area contributed by atoms with Gasteiger partial charge < -0.3 is 4.90 Å². The molecule has 22 heavy (non-hydrogen) atoms. The summed E-state index contributed by atoms with van der Waals surface area (Å²) in [6.07, 6.45) is 5.55. The molecule has 2 aromatic rings. The van der Waals surface area contributed by atoms with Crippen LogP contribution < -0.4 is 0 Å². The number of rotatable bonds is 5. The van der Waals surface area contributed by atoms with Crippen LogP contribution in [0.1, 0.15) is 24.0 Å². The van der Waals surface area contributed by atoms with Crippen LogP contribution in [0.25, 0.3) is 6.08 Å². The summed E-state index contributed by atoms with van der Waals surface area (Å²) in [7, 11) is 0. The van der Waals surface area contributed by atoms with Gasteiger partial charge in [-0.05, 0) is 42.2 Å². The second-order valence-electron chi connectivity index (χ2n) is 5.57. The summed E-state index contributed by atoms with van der Waals surface area (Å²) < 4.78 is 13.0. The third-order valence-electron chi connectivity index (χ3n) is 3.75. The first kappa shape index (κ1) is 14.5. The smallest absolute Gasteiger partial charge is 0.247 e. The third-order valence-corrected chi connectivity index (χ3v) is 3.75. The average Bonchev–Trinajstić information content (AvgIpc) is 3.38. The Morgan fingerprint density at radius 3 is 2.41 bits per heavy atom. The van der Waals surface area contributed by atoms with E-state index >= 15 is 0 Å². The van der Waals surface area contributed by atoms with Crippen LogP contribution >= 0.6 is 0 Å². The number of carbonyl (C=O) groups excluding carboxylic acids is 1. The van der Waals surface area contributed by atoms with Crippen LogP contribution in [0.15, 0.2) is 60.7 Å². The van der Waals surface area contributed by atoms with E-state index in [9.17, 15) is 9.18 Å². The van der Waals surface area contributed by atoms with E-state index in [1.54, 1.807) is 18.2 Å². The van der Waals surface area contributed by atoms with Crippen molar-refractivity contribution in [2.75, 3.05) is 0 Å². The number of carbonyl (C=O) groups is 1. The lowest BCUT2D eigenvalue weighted by Gasteiger charge is -2.21. The summed E-state index contributed by atoms with van der Waals surface area (Å²) in [5.74, 6) is -0.243. The fourth-order valence-corrected chi connectivity index (χ4v) is 2.39. The predicted molar refractivity (Wildman–Crippen MR) is 85.4 cm³/mol. The summed E-state index contributed by atoms with van der Waals surface area (Å²) in [5, 5.41) is 0. The molecule has 1 fully saturated rings. The molecule has 0 spiro atoms. The molecule has 0 unspecified atom stereocenters. The van der Waals surface area contributed by atoms with Gasteiger partial charge in [0.05, 0.1) is 0 Å². The number of halogens is 1. The van der Waals surface area contributed by atoms with Crippen molar-refractivity contribution in [2.24, 2.45) is 0 Å². The summed E-state index contributed by atoms with van der Waals surface area (Å²) in [6, 6.07) is 16.4. The molecule has 0 heterocycles. The highest BCUT2D eigenvalue weighted by molar-refractivity contribution is 5.92. The van der Waals surface area contributed by atoms with Gasteiger partial charge in [0.15, 0.2) is 0 Å². The van der Waals surface area contributed by atoms with Crippen LogP contribution in [0, 0.1) is 5.82 Å². The molecule has 2 aromatic carbocycles. The lowest BCUT2D eigenvalue weighted by molar-refractivity contribution is -0.127. The summed E-state index contributed by atoms with van der Waals surface area (Å²) >= 11 is 0. The van der Waals surface area contributed by atoms with E-state index in [0.29, 0.717) is 12.6 Å². The fraction of sp³-hybridized carbons (Fsp3) is 0.211. The Balaban J connectivity index is 1.69. The first-order valence-electron chi connectivity index (χ1n) is 7.50. The van der Waals surface area contributed by atoms with E-state index in [4.69, 9.17) is 0 Å². The molecule has 112 valence electrons. The van der Waals surface area contributed by atoms with Gasteiger partial charge in [-0.15, -0.1) is 0 Å². The minimum atomic E-state index is -0.253. The van der Waals surface area contributed by atoms with Gasteiger partial charge in [-0.3, -0.25) is 4.79 Å². The van der Waals surface area contributed by atoms with E-state index in [0.717, 1.165) is 24.0 Å². The van der Waals surface area contributed by atoms with Crippen LogP contribution in [0.4, 0.5) is 4.39 Å². The van der Waals surface area contributed by atoms with Gasteiger partial charge in [0, 0.05) is 18.7 Å². The van der Waals surface area contributed by atoms with Crippen molar-refractivity contribution in [3.8, 4) is 0 Å². The minimum absolute atomic E-state index is 0.00989.